The van der Waals surface area contributed by atoms with Crippen molar-refractivity contribution in [3.63, 3.8) is 0 Å². The maximum Gasteiger partial charge on any atom is 0.0511 e. The highest BCUT2D eigenvalue weighted by Crippen LogP contribution is 2.28. The molecule has 0 bridgehead atoms. The molecule has 1 aromatic carbocycles. The predicted octanol–water partition coefficient (Wildman–Crippen LogP) is 2.31. The van der Waals surface area contributed by atoms with Crippen molar-refractivity contribution in [1.29, 1.82) is 0 Å². The van der Waals surface area contributed by atoms with Gasteiger partial charge in [-0.25, -0.2) is 0 Å². The van der Waals surface area contributed by atoms with Crippen molar-refractivity contribution in [2.75, 3.05) is 45.2 Å². The quantitative estimate of drug-likeness (QED) is 0.924. The van der Waals surface area contributed by atoms with Gasteiger partial charge in [0.25, 0.3) is 0 Å². The minimum Gasteiger partial charge on any atom is -0.369 e. The molecule has 18 heavy (non-hydrogen) atoms. The standard InChI is InChI=1S/C14H22BrN3/c1-16-11-12-4-5-14(13(15)10-12)18-7-3-6-17(2)8-9-18/h4-5,10,16H,3,6-9,11H2,1-2H3. The average Bonchev–Trinajstić information content (AvgIpc) is 2.55. The Bertz CT molecular complexity index is 395. The van der Waals surface area contributed by atoms with Gasteiger partial charge in [-0.05, 0) is 60.7 Å². The summed E-state index contributed by atoms with van der Waals surface area (Å²) >= 11 is 3.71. The van der Waals surface area contributed by atoms with Crippen molar-refractivity contribution in [2.24, 2.45) is 0 Å². The van der Waals surface area contributed by atoms with E-state index in [0.717, 1.165) is 26.2 Å². The summed E-state index contributed by atoms with van der Waals surface area (Å²) in [5.41, 5.74) is 2.64. The van der Waals surface area contributed by atoms with Gasteiger partial charge in [-0.2, -0.15) is 0 Å². The van der Waals surface area contributed by atoms with Crippen LogP contribution in [0.3, 0.4) is 0 Å². The average molecular weight is 312 g/mol. The molecule has 4 heteroatoms. The Morgan fingerprint density at radius 1 is 1.22 bits per heavy atom. The van der Waals surface area contributed by atoms with Crippen molar-refractivity contribution in [3.8, 4) is 0 Å². The first-order valence-corrected chi connectivity index (χ1v) is 7.36. The van der Waals surface area contributed by atoms with Gasteiger partial charge in [0.1, 0.15) is 0 Å². The van der Waals surface area contributed by atoms with E-state index in [0.29, 0.717) is 0 Å². The Balaban J connectivity index is 2.12. The summed E-state index contributed by atoms with van der Waals surface area (Å²) in [6.07, 6.45) is 1.24. The normalized spacial score (nSPS) is 17.8. The van der Waals surface area contributed by atoms with E-state index in [4.69, 9.17) is 0 Å². The molecule has 1 aliphatic heterocycles. The van der Waals surface area contributed by atoms with E-state index >= 15 is 0 Å². The number of nitrogens with one attached hydrogen (secondary N) is 1. The first-order valence-electron chi connectivity index (χ1n) is 6.57. The number of anilines is 1. The van der Waals surface area contributed by atoms with Crippen molar-refractivity contribution in [1.82, 2.24) is 10.2 Å². The molecule has 1 heterocycles. The third kappa shape index (κ3) is 3.46. The fourth-order valence-electron chi connectivity index (χ4n) is 2.41. The van der Waals surface area contributed by atoms with Crippen LogP contribution in [-0.4, -0.2) is 45.2 Å². The zero-order chi connectivity index (χ0) is 13.0. The number of hydrogen-bond donors (Lipinski definition) is 1. The van der Waals surface area contributed by atoms with E-state index in [1.807, 2.05) is 7.05 Å². The van der Waals surface area contributed by atoms with Gasteiger partial charge < -0.3 is 15.1 Å². The fourth-order valence-corrected chi connectivity index (χ4v) is 3.09. The predicted molar refractivity (Wildman–Crippen MR) is 81.2 cm³/mol. The SMILES string of the molecule is CNCc1ccc(N2CCCN(C)CC2)c(Br)c1. The lowest BCUT2D eigenvalue weighted by atomic mass is 10.2. The van der Waals surface area contributed by atoms with Gasteiger partial charge in [0.2, 0.25) is 0 Å². The summed E-state index contributed by atoms with van der Waals surface area (Å²) in [6, 6.07) is 6.67. The number of hydrogen-bond acceptors (Lipinski definition) is 3. The Kier molecular flexibility index (Phi) is 5.03. The highest BCUT2D eigenvalue weighted by atomic mass is 79.9. The van der Waals surface area contributed by atoms with Crippen molar-refractivity contribution < 1.29 is 0 Å². The van der Waals surface area contributed by atoms with E-state index in [9.17, 15) is 0 Å². The summed E-state index contributed by atoms with van der Waals surface area (Å²) in [5, 5.41) is 3.18. The molecule has 0 amide bonds. The van der Waals surface area contributed by atoms with E-state index < -0.39 is 0 Å². The number of benzene rings is 1. The fraction of sp³-hybridized carbons (Fsp3) is 0.571. The van der Waals surface area contributed by atoms with Crippen molar-refractivity contribution in [2.45, 2.75) is 13.0 Å². The number of nitrogens with zero attached hydrogens (tertiary/aromatic N) is 2. The second-order valence-corrected chi connectivity index (χ2v) is 5.81. The smallest absolute Gasteiger partial charge is 0.0511 e. The van der Waals surface area contributed by atoms with Crippen LogP contribution in [0.25, 0.3) is 0 Å². The molecule has 0 unspecified atom stereocenters. The molecule has 1 saturated heterocycles. The zero-order valence-corrected chi connectivity index (χ0v) is 12.8. The third-order valence-electron chi connectivity index (χ3n) is 3.45. The Morgan fingerprint density at radius 2 is 2.06 bits per heavy atom. The molecular formula is C14H22BrN3. The molecule has 0 saturated carbocycles. The molecule has 0 aliphatic carbocycles. The Morgan fingerprint density at radius 3 is 2.78 bits per heavy atom. The number of halogens is 1. The molecule has 0 radical (unpaired) electrons. The molecule has 1 aliphatic rings. The van der Waals surface area contributed by atoms with E-state index in [2.05, 4.69) is 56.3 Å². The molecule has 0 spiro atoms. The third-order valence-corrected chi connectivity index (χ3v) is 4.09. The first-order chi connectivity index (χ1) is 8.70. The van der Waals surface area contributed by atoms with Crippen LogP contribution < -0.4 is 10.2 Å². The molecule has 3 nitrogen and oxygen atoms in total. The van der Waals surface area contributed by atoms with Crippen LogP contribution in [0.1, 0.15) is 12.0 Å². The second-order valence-electron chi connectivity index (χ2n) is 4.96. The maximum absolute atomic E-state index is 3.71. The van der Waals surface area contributed by atoms with Crippen LogP contribution in [-0.2, 0) is 6.54 Å². The van der Waals surface area contributed by atoms with Crippen molar-refractivity contribution in [3.05, 3.63) is 28.2 Å². The first kappa shape index (κ1) is 13.8. The van der Waals surface area contributed by atoms with Gasteiger partial charge >= 0.3 is 0 Å². The molecule has 0 atom stereocenters. The Labute approximate surface area is 118 Å². The van der Waals surface area contributed by atoms with Crippen LogP contribution in [0, 0.1) is 0 Å². The highest BCUT2D eigenvalue weighted by Gasteiger charge is 2.14. The summed E-state index contributed by atoms with van der Waals surface area (Å²) < 4.78 is 1.21. The zero-order valence-electron chi connectivity index (χ0n) is 11.2. The minimum absolute atomic E-state index is 0.918. The monoisotopic (exact) mass is 311 g/mol. The summed E-state index contributed by atoms with van der Waals surface area (Å²) in [5.74, 6) is 0. The lowest BCUT2D eigenvalue weighted by molar-refractivity contribution is 0.360. The van der Waals surface area contributed by atoms with Gasteiger partial charge in [-0.1, -0.05) is 6.07 Å². The summed E-state index contributed by atoms with van der Waals surface area (Å²) in [7, 11) is 4.18. The molecule has 0 aromatic heterocycles. The van der Waals surface area contributed by atoms with Gasteiger partial charge in [-0.3, -0.25) is 0 Å². The molecule has 2 rings (SSSR count). The van der Waals surface area contributed by atoms with Crippen LogP contribution in [0.5, 0.6) is 0 Å². The Hall–Kier alpha value is -0.580. The minimum atomic E-state index is 0.918. The van der Waals surface area contributed by atoms with E-state index in [1.165, 1.54) is 28.7 Å². The van der Waals surface area contributed by atoms with Gasteiger partial charge in [0.15, 0.2) is 0 Å². The van der Waals surface area contributed by atoms with E-state index in [-0.39, 0.29) is 0 Å². The number of likely N-dealkylation sites (N-methyl/N-ethyl adjacent to an activating group) is 1. The topological polar surface area (TPSA) is 18.5 Å². The van der Waals surface area contributed by atoms with Crippen LogP contribution in [0.2, 0.25) is 0 Å². The van der Waals surface area contributed by atoms with Gasteiger partial charge in [-0.15, -0.1) is 0 Å². The van der Waals surface area contributed by atoms with E-state index in [1.54, 1.807) is 0 Å². The van der Waals surface area contributed by atoms with Crippen LogP contribution in [0.15, 0.2) is 22.7 Å². The summed E-state index contributed by atoms with van der Waals surface area (Å²) in [6.45, 7) is 5.52. The van der Waals surface area contributed by atoms with Gasteiger partial charge in [0.05, 0.1) is 5.69 Å². The molecule has 1 N–H and O–H groups in total. The molecule has 100 valence electrons. The van der Waals surface area contributed by atoms with Gasteiger partial charge in [0, 0.05) is 30.7 Å². The van der Waals surface area contributed by atoms with Crippen LogP contribution >= 0.6 is 15.9 Å². The molecule has 1 aromatic rings. The maximum atomic E-state index is 3.71. The second kappa shape index (κ2) is 6.55. The lowest BCUT2D eigenvalue weighted by Gasteiger charge is -2.24. The molecule has 1 fully saturated rings. The summed E-state index contributed by atoms with van der Waals surface area (Å²) in [4.78, 5) is 4.89. The number of rotatable bonds is 3. The highest BCUT2D eigenvalue weighted by molar-refractivity contribution is 9.10. The largest absolute Gasteiger partial charge is 0.369 e. The van der Waals surface area contributed by atoms with Crippen LogP contribution in [0.4, 0.5) is 5.69 Å². The lowest BCUT2D eigenvalue weighted by Crippen LogP contribution is -2.29. The molecular weight excluding hydrogens is 290 g/mol. The van der Waals surface area contributed by atoms with Crippen molar-refractivity contribution >= 4 is 21.6 Å².